The fraction of sp³-hybridized carbons (Fsp3) is 0.333. The van der Waals surface area contributed by atoms with Crippen molar-refractivity contribution in [1.82, 2.24) is 20.2 Å². The van der Waals surface area contributed by atoms with Gasteiger partial charge in [-0.1, -0.05) is 30.1 Å². The van der Waals surface area contributed by atoms with E-state index in [1.54, 1.807) is 18.5 Å². The van der Waals surface area contributed by atoms with Crippen LogP contribution in [0.3, 0.4) is 0 Å². The van der Waals surface area contributed by atoms with Gasteiger partial charge in [0.25, 0.3) is 0 Å². The first-order valence-electron chi connectivity index (χ1n) is 5.95. The van der Waals surface area contributed by atoms with Gasteiger partial charge in [-0.2, -0.15) is 5.10 Å². The van der Waals surface area contributed by atoms with Crippen LogP contribution in [0.25, 0.3) is 0 Å². The van der Waals surface area contributed by atoms with Crippen LogP contribution < -0.4 is 11.3 Å². The van der Waals surface area contributed by atoms with Gasteiger partial charge >= 0.3 is 0 Å². The SMILES string of the molecule is CCCn1cc(C(NN)c2ncc(Cl)cc2Cl)cn1. The van der Waals surface area contributed by atoms with E-state index in [0.717, 1.165) is 18.5 Å². The summed E-state index contributed by atoms with van der Waals surface area (Å²) in [4.78, 5) is 4.24. The summed E-state index contributed by atoms with van der Waals surface area (Å²) in [5.74, 6) is 5.61. The van der Waals surface area contributed by atoms with Crippen LogP contribution in [0.5, 0.6) is 0 Å². The van der Waals surface area contributed by atoms with Gasteiger partial charge in [-0.25, -0.2) is 5.43 Å². The van der Waals surface area contributed by atoms with E-state index in [4.69, 9.17) is 29.0 Å². The fourth-order valence-corrected chi connectivity index (χ4v) is 2.34. The molecular formula is C12H15Cl2N5. The number of rotatable bonds is 5. The van der Waals surface area contributed by atoms with Crippen LogP contribution >= 0.6 is 23.2 Å². The Morgan fingerprint density at radius 1 is 1.42 bits per heavy atom. The van der Waals surface area contributed by atoms with Crippen LogP contribution in [-0.2, 0) is 6.54 Å². The molecule has 7 heteroatoms. The summed E-state index contributed by atoms with van der Waals surface area (Å²) >= 11 is 12.0. The standard InChI is InChI=1S/C12H15Cl2N5/c1-2-3-19-7-8(5-17-19)11(18-15)12-10(14)4-9(13)6-16-12/h4-7,11,18H,2-3,15H2,1H3. The Hall–Kier alpha value is -1.14. The number of pyridine rings is 1. The Bertz CT molecular complexity index is 555. The van der Waals surface area contributed by atoms with Crippen LogP contribution in [0.2, 0.25) is 10.0 Å². The molecule has 2 aromatic rings. The number of nitrogens with one attached hydrogen (secondary N) is 1. The molecule has 2 rings (SSSR count). The zero-order valence-corrected chi connectivity index (χ0v) is 12.0. The smallest absolute Gasteiger partial charge is 0.0926 e. The van der Waals surface area contributed by atoms with Crippen molar-refractivity contribution >= 4 is 23.2 Å². The van der Waals surface area contributed by atoms with Crippen molar-refractivity contribution in [2.45, 2.75) is 25.9 Å². The first kappa shape index (κ1) is 14.3. The van der Waals surface area contributed by atoms with Gasteiger partial charge in [0.2, 0.25) is 0 Å². The number of aryl methyl sites for hydroxylation is 1. The third-order valence-electron chi connectivity index (χ3n) is 2.72. The lowest BCUT2D eigenvalue weighted by Crippen LogP contribution is -2.29. The van der Waals surface area contributed by atoms with Crippen LogP contribution in [0.4, 0.5) is 0 Å². The molecule has 0 fully saturated rings. The highest BCUT2D eigenvalue weighted by Gasteiger charge is 2.19. The molecule has 0 aliphatic heterocycles. The second kappa shape index (κ2) is 6.34. The molecule has 0 saturated heterocycles. The molecule has 1 unspecified atom stereocenters. The topological polar surface area (TPSA) is 68.8 Å². The molecule has 0 bridgehead atoms. The molecule has 2 heterocycles. The summed E-state index contributed by atoms with van der Waals surface area (Å²) in [5, 5.41) is 5.23. The average Bonchev–Trinajstić information content (AvgIpc) is 2.82. The van der Waals surface area contributed by atoms with Crippen molar-refractivity contribution in [2.75, 3.05) is 0 Å². The van der Waals surface area contributed by atoms with E-state index < -0.39 is 0 Å². The molecule has 1 atom stereocenters. The number of aromatic nitrogens is 3. The Balaban J connectivity index is 2.32. The van der Waals surface area contributed by atoms with Gasteiger partial charge in [-0.3, -0.25) is 15.5 Å². The van der Waals surface area contributed by atoms with E-state index >= 15 is 0 Å². The predicted octanol–water partition coefficient (Wildman–Crippen LogP) is 2.55. The van der Waals surface area contributed by atoms with Crippen LogP contribution in [-0.4, -0.2) is 14.8 Å². The zero-order valence-electron chi connectivity index (χ0n) is 10.5. The van der Waals surface area contributed by atoms with Gasteiger partial charge in [0, 0.05) is 24.5 Å². The first-order chi connectivity index (χ1) is 9.15. The summed E-state index contributed by atoms with van der Waals surface area (Å²) in [7, 11) is 0. The highest BCUT2D eigenvalue weighted by Crippen LogP contribution is 2.27. The Labute approximate surface area is 121 Å². The van der Waals surface area contributed by atoms with Crippen LogP contribution in [0.15, 0.2) is 24.7 Å². The highest BCUT2D eigenvalue weighted by atomic mass is 35.5. The fourth-order valence-electron chi connectivity index (χ4n) is 1.85. The monoisotopic (exact) mass is 299 g/mol. The summed E-state index contributed by atoms with van der Waals surface area (Å²) in [6.07, 6.45) is 6.25. The van der Waals surface area contributed by atoms with Gasteiger partial charge in [-0.05, 0) is 12.5 Å². The predicted molar refractivity (Wildman–Crippen MR) is 75.9 cm³/mol. The van der Waals surface area contributed by atoms with Crippen molar-refractivity contribution in [2.24, 2.45) is 5.84 Å². The third-order valence-corrected chi connectivity index (χ3v) is 3.23. The minimum absolute atomic E-state index is 0.310. The summed E-state index contributed by atoms with van der Waals surface area (Å²) in [5.41, 5.74) is 4.25. The van der Waals surface area contributed by atoms with Gasteiger partial charge in [0.1, 0.15) is 0 Å². The molecule has 3 N–H and O–H groups in total. The molecule has 19 heavy (non-hydrogen) atoms. The van der Waals surface area contributed by atoms with E-state index in [-0.39, 0.29) is 6.04 Å². The van der Waals surface area contributed by atoms with Crippen LogP contribution in [0, 0.1) is 0 Å². The van der Waals surface area contributed by atoms with Gasteiger partial charge in [-0.15, -0.1) is 0 Å². The summed E-state index contributed by atoms with van der Waals surface area (Å²) in [6, 6.07) is 1.34. The lowest BCUT2D eigenvalue weighted by Gasteiger charge is -2.15. The summed E-state index contributed by atoms with van der Waals surface area (Å²) < 4.78 is 1.86. The molecule has 102 valence electrons. The largest absolute Gasteiger partial charge is 0.272 e. The molecule has 0 spiro atoms. The number of hydrogen-bond acceptors (Lipinski definition) is 4. The molecule has 0 aromatic carbocycles. The second-order valence-corrected chi connectivity index (χ2v) is 5.00. The number of halogens is 2. The van der Waals surface area contributed by atoms with E-state index in [0.29, 0.717) is 15.7 Å². The van der Waals surface area contributed by atoms with Crippen molar-refractivity contribution in [1.29, 1.82) is 0 Å². The lowest BCUT2D eigenvalue weighted by molar-refractivity contribution is 0.595. The van der Waals surface area contributed by atoms with Crippen molar-refractivity contribution in [3.63, 3.8) is 0 Å². The molecule has 0 saturated carbocycles. The zero-order chi connectivity index (χ0) is 13.8. The average molecular weight is 300 g/mol. The quantitative estimate of drug-likeness (QED) is 0.657. The molecule has 5 nitrogen and oxygen atoms in total. The normalized spacial score (nSPS) is 12.6. The molecule has 0 aliphatic rings. The van der Waals surface area contributed by atoms with Crippen molar-refractivity contribution in [3.05, 3.63) is 46.0 Å². The van der Waals surface area contributed by atoms with Crippen molar-refractivity contribution < 1.29 is 0 Å². The molecular weight excluding hydrogens is 285 g/mol. The van der Waals surface area contributed by atoms with Gasteiger partial charge < -0.3 is 0 Å². The van der Waals surface area contributed by atoms with Gasteiger partial charge in [0.15, 0.2) is 0 Å². The molecule has 2 aromatic heterocycles. The minimum atomic E-state index is -0.310. The number of hydrogen-bond donors (Lipinski definition) is 2. The molecule has 0 aliphatic carbocycles. The highest BCUT2D eigenvalue weighted by molar-refractivity contribution is 6.34. The summed E-state index contributed by atoms with van der Waals surface area (Å²) in [6.45, 7) is 2.96. The van der Waals surface area contributed by atoms with Gasteiger partial charge in [0.05, 0.1) is 28.0 Å². The Morgan fingerprint density at radius 3 is 2.84 bits per heavy atom. The van der Waals surface area contributed by atoms with Crippen molar-refractivity contribution in [3.8, 4) is 0 Å². The number of nitrogens with zero attached hydrogens (tertiary/aromatic N) is 3. The maximum Gasteiger partial charge on any atom is 0.0926 e. The number of nitrogens with two attached hydrogens (primary N) is 1. The Kier molecular flexibility index (Phi) is 4.76. The maximum atomic E-state index is 6.15. The van der Waals surface area contributed by atoms with Crippen LogP contribution in [0.1, 0.15) is 30.6 Å². The van der Waals surface area contributed by atoms with E-state index in [9.17, 15) is 0 Å². The minimum Gasteiger partial charge on any atom is -0.272 e. The first-order valence-corrected chi connectivity index (χ1v) is 6.70. The third kappa shape index (κ3) is 3.25. The van der Waals surface area contributed by atoms with E-state index in [1.165, 1.54) is 0 Å². The second-order valence-electron chi connectivity index (χ2n) is 4.16. The van der Waals surface area contributed by atoms with E-state index in [2.05, 4.69) is 22.4 Å². The number of hydrazine groups is 1. The molecule has 0 amide bonds. The Morgan fingerprint density at radius 2 is 2.21 bits per heavy atom. The van der Waals surface area contributed by atoms with E-state index in [1.807, 2.05) is 10.9 Å². The maximum absolute atomic E-state index is 6.15. The molecule has 0 radical (unpaired) electrons. The lowest BCUT2D eigenvalue weighted by atomic mass is 10.1.